The highest BCUT2D eigenvalue weighted by Gasteiger charge is 2.50. The van der Waals surface area contributed by atoms with Gasteiger partial charge in [-0.25, -0.2) is 4.79 Å². The van der Waals surface area contributed by atoms with Crippen molar-refractivity contribution < 1.29 is 77.7 Å². The predicted octanol–water partition coefficient (Wildman–Crippen LogP) is -0.101. The van der Waals surface area contributed by atoms with Crippen molar-refractivity contribution in [2.24, 2.45) is 0 Å². The number of nitrogens with zero attached hydrogens (tertiary/aromatic N) is 2. The molecule has 3 heterocycles. The van der Waals surface area contributed by atoms with Crippen LogP contribution in [0.3, 0.4) is 0 Å². The van der Waals surface area contributed by atoms with Crippen molar-refractivity contribution in [2.75, 3.05) is 40.5 Å². The molecule has 3 saturated heterocycles. The summed E-state index contributed by atoms with van der Waals surface area (Å²) in [5, 5.41) is 48.4. The molecule has 7 rings (SSSR count). The number of phenolic OH excluding ortho intramolecular Hbond substituents is 2. The maximum atomic E-state index is 13.9. The van der Waals surface area contributed by atoms with Crippen molar-refractivity contribution in [3.63, 3.8) is 0 Å². The van der Waals surface area contributed by atoms with E-state index in [0.29, 0.717) is 24.6 Å². The first-order valence-electron chi connectivity index (χ1n) is 18.5. The van der Waals surface area contributed by atoms with E-state index in [1.54, 1.807) is 11.8 Å². The van der Waals surface area contributed by atoms with Crippen LogP contribution in [0.1, 0.15) is 88.1 Å². The van der Waals surface area contributed by atoms with E-state index in [1.165, 1.54) is 32.4 Å². The number of hydrogen-bond acceptors (Lipinski definition) is 18. The SMILES string of the molecule is COc1cccc2c1C(=O)c1c(O)c3c(c(O)c1C2=O)C[C@@](O)(C(=O)CO)C[C@@H]3O[C@H]1CC[C@H](O[C@H]2NCCN(CC(=O)ON3C(=O)CCC3=O)[C@@H]2OC)[C@H](C)O1. The molecule has 0 bridgehead atoms. The number of methoxy groups -OCH3 is 2. The summed E-state index contributed by atoms with van der Waals surface area (Å²) in [5.74, 6) is -5.91. The summed E-state index contributed by atoms with van der Waals surface area (Å²) in [6.07, 6.45) is -5.81. The number of piperazine rings is 1. The number of ether oxygens (including phenoxy) is 5. The Balaban J connectivity index is 1.09. The van der Waals surface area contributed by atoms with Gasteiger partial charge in [0.15, 0.2) is 24.1 Å². The summed E-state index contributed by atoms with van der Waals surface area (Å²) in [4.78, 5) is 83.8. The van der Waals surface area contributed by atoms with E-state index in [9.17, 15) is 49.2 Å². The molecule has 0 spiro atoms. The number of fused-ring (bicyclic) bond motifs is 3. The monoisotopic (exact) mass is 797 g/mol. The van der Waals surface area contributed by atoms with Crippen molar-refractivity contribution >= 4 is 35.1 Å². The molecule has 306 valence electrons. The molecule has 5 aliphatic rings. The zero-order valence-corrected chi connectivity index (χ0v) is 31.3. The van der Waals surface area contributed by atoms with Gasteiger partial charge in [-0.05, 0) is 19.4 Å². The van der Waals surface area contributed by atoms with Crippen LogP contribution in [0.2, 0.25) is 0 Å². The molecule has 19 nitrogen and oxygen atoms in total. The Kier molecular flexibility index (Phi) is 11.2. The smallest absolute Gasteiger partial charge is 0.347 e. The van der Waals surface area contributed by atoms with Crippen LogP contribution in [-0.2, 0) is 49.4 Å². The van der Waals surface area contributed by atoms with E-state index in [0.717, 1.165) is 0 Å². The van der Waals surface area contributed by atoms with E-state index in [4.69, 9.17) is 28.5 Å². The van der Waals surface area contributed by atoms with Gasteiger partial charge in [0.1, 0.15) is 42.2 Å². The summed E-state index contributed by atoms with van der Waals surface area (Å²) >= 11 is 0. The minimum atomic E-state index is -2.29. The molecule has 0 unspecified atom stereocenters. The van der Waals surface area contributed by atoms with Gasteiger partial charge < -0.3 is 48.9 Å². The third-order valence-electron chi connectivity index (χ3n) is 11.1. The standard InChI is InChI=1S/C38H43N3O16/c1-17-20(56-36-37(53-3)40(12-11-39-36)15-26(46)57-41-24(44)8-9-25(41)45)7-10-27(54-17)55-22-14-38(51,23(43)16-42)13-19-29(22)35(50)31-30(33(19)48)32(47)18-5-4-6-21(52-2)28(18)34(31)49/h4-6,17,20,22,27,36-37,39,42,48,50-51H,7-16H2,1-3H3/t17-,20-,22-,27-,36+,37+,38-/m0/s1. The Morgan fingerprint density at radius 1 is 0.982 bits per heavy atom. The second-order valence-corrected chi connectivity index (χ2v) is 14.5. The molecule has 2 aromatic rings. The lowest BCUT2D eigenvalue weighted by molar-refractivity contribution is -0.268. The maximum absolute atomic E-state index is 13.9. The number of imide groups is 1. The zero-order chi connectivity index (χ0) is 40.9. The molecule has 2 aliphatic carbocycles. The second kappa shape index (κ2) is 15.8. The summed E-state index contributed by atoms with van der Waals surface area (Å²) in [7, 11) is 2.75. The third-order valence-corrected chi connectivity index (χ3v) is 11.1. The lowest BCUT2D eigenvalue weighted by atomic mass is 9.72. The lowest BCUT2D eigenvalue weighted by Gasteiger charge is -2.44. The fourth-order valence-corrected chi connectivity index (χ4v) is 8.26. The summed E-state index contributed by atoms with van der Waals surface area (Å²) in [5.41, 5.74) is -3.79. The molecule has 0 aromatic heterocycles. The number of benzene rings is 2. The van der Waals surface area contributed by atoms with Crippen LogP contribution in [0, 0.1) is 0 Å². The number of ketones is 3. The van der Waals surface area contributed by atoms with Crippen LogP contribution in [0.15, 0.2) is 18.2 Å². The van der Waals surface area contributed by atoms with Gasteiger partial charge in [0, 0.05) is 69.0 Å². The first kappa shape index (κ1) is 40.3. The normalized spacial score (nSPS) is 28.8. The molecule has 0 saturated carbocycles. The first-order valence-corrected chi connectivity index (χ1v) is 18.5. The number of aliphatic hydroxyl groups is 2. The third kappa shape index (κ3) is 7.18. The topological polar surface area (TPSA) is 257 Å². The van der Waals surface area contributed by atoms with Crippen LogP contribution in [-0.4, -0.2) is 143 Å². The van der Waals surface area contributed by atoms with Crippen LogP contribution >= 0.6 is 0 Å². The van der Waals surface area contributed by atoms with E-state index in [2.05, 4.69) is 5.32 Å². The van der Waals surface area contributed by atoms with E-state index < -0.39 is 120 Å². The Labute approximate surface area is 325 Å². The van der Waals surface area contributed by atoms with Crippen molar-refractivity contribution in [1.29, 1.82) is 0 Å². The highest BCUT2D eigenvalue weighted by atomic mass is 16.7. The second-order valence-electron chi connectivity index (χ2n) is 14.5. The highest BCUT2D eigenvalue weighted by molar-refractivity contribution is 6.31. The number of carbonyl (C=O) groups is 6. The van der Waals surface area contributed by atoms with Gasteiger partial charge in [-0.1, -0.05) is 12.1 Å². The fraction of sp³-hybridized carbons (Fsp3) is 0.526. The molecule has 5 N–H and O–H groups in total. The van der Waals surface area contributed by atoms with Crippen LogP contribution < -0.4 is 10.1 Å². The number of hydrogen-bond donors (Lipinski definition) is 5. The van der Waals surface area contributed by atoms with Gasteiger partial charge in [0.25, 0.3) is 11.8 Å². The molecule has 7 atom stereocenters. The lowest BCUT2D eigenvalue weighted by Crippen LogP contribution is -2.62. The van der Waals surface area contributed by atoms with Gasteiger partial charge in [0.05, 0.1) is 42.1 Å². The molecule has 2 aromatic carbocycles. The number of nitrogens with one attached hydrogen (secondary N) is 1. The molecule has 0 radical (unpaired) electrons. The van der Waals surface area contributed by atoms with E-state index in [1.807, 2.05) is 0 Å². The van der Waals surface area contributed by atoms with Crippen molar-refractivity contribution in [2.45, 2.75) is 88.1 Å². The average molecular weight is 798 g/mol. The number of hydroxylamine groups is 2. The molecule has 2 amide bonds. The quantitative estimate of drug-likeness (QED) is 0.125. The molecular formula is C38H43N3O16. The minimum Gasteiger partial charge on any atom is -0.507 e. The van der Waals surface area contributed by atoms with Crippen molar-refractivity contribution in [3.05, 3.63) is 51.6 Å². The summed E-state index contributed by atoms with van der Waals surface area (Å²) in [6.45, 7) is 1.10. The molecule has 3 fully saturated rings. The van der Waals surface area contributed by atoms with Crippen LogP contribution in [0.4, 0.5) is 0 Å². The number of aliphatic hydroxyl groups excluding tert-OH is 1. The van der Waals surface area contributed by atoms with Gasteiger partial charge in [-0.15, -0.1) is 5.06 Å². The summed E-state index contributed by atoms with van der Waals surface area (Å²) in [6, 6.07) is 4.35. The minimum absolute atomic E-state index is 0.0358. The Morgan fingerprint density at radius 2 is 1.70 bits per heavy atom. The zero-order valence-electron chi connectivity index (χ0n) is 31.3. The number of carbonyl (C=O) groups excluding carboxylic acids is 6. The van der Waals surface area contributed by atoms with Gasteiger partial charge in [0.2, 0.25) is 5.78 Å². The van der Waals surface area contributed by atoms with E-state index >= 15 is 0 Å². The molecular weight excluding hydrogens is 754 g/mol. The number of aromatic hydroxyl groups is 2. The summed E-state index contributed by atoms with van der Waals surface area (Å²) < 4.78 is 29.9. The number of rotatable bonds is 11. The van der Waals surface area contributed by atoms with E-state index in [-0.39, 0.29) is 53.8 Å². The predicted molar refractivity (Wildman–Crippen MR) is 189 cm³/mol. The Hall–Kier alpha value is -4.86. The maximum Gasteiger partial charge on any atom is 0.347 e. The van der Waals surface area contributed by atoms with Crippen molar-refractivity contribution in [1.82, 2.24) is 15.3 Å². The fourth-order valence-electron chi connectivity index (χ4n) is 8.26. The largest absolute Gasteiger partial charge is 0.507 e. The van der Waals surface area contributed by atoms with Crippen LogP contribution in [0.25, 0.3) is 0 Å². The van der Waals surface area contributed by atoms with Gasteiger partial charge in [-0.3, -0.25) is 34.2 Å². The molecule has 3 aliphatic heterocycles. The average Bonchev–Trinajstić information content (AvgIpc) is 3.50. The molecule has 19 heteroatoms. The van der Waals surface area contributed by atoms with Gasteiger partial charge in [-0.2, -0.15) is 0 Å². The Morgan fingerprint density at radius 3 is 2.37 bits per heavy atom. The number of phenols is 2. The Bertz CT molecular complexity index is 2010. The first-order chi connectivity index (χ1) is 27.2. The van der Waals surface area contributed by atoms with Crippen LogP contribution in [0.5, 0.6) is 17.2 Å². The van der Waals surface area contributed by atoms with Crippen molar-refractivity contribution in [3.8, 4) is 17.2 Å². The molecule has 57 heavy (non-hydrogen) atoms. The van der Waals surface area contributed by atoms with Gasteiger partial charge >= 0.3 is 5.97 Å². The number of Topliss-reactive ketones (excluding diaryl/α,β-unsaturated/α-hetero) is 1. The number of amides is 2. The highest BCUT2D eigenvalue weighted by Crippen LogP contribution is 2.52.